The molecule has 0 spiro atoms. The highest BCUT2D eigenvalue weighted by Gasteiger charge is 2.23. The summed E-state index contributed by atoms with van der Waals surface area (Å²) < 4.78 is 11.5. The summed E-state index contributed by atoms with van der Waals surface area (Å²) >= 11 is 0. The number of carbonyl (C=O) groups is 2. The fourth-order valence-electron chi connectivity index (χ4n) is 3.03. The van der Waals surface area contributed by atoms with Gasteiger partial charge in [0.2, 0.25) is 5.91 Å². The molecule has 0 saturated heterocycles. The molecule has 0 aliphatic rings. The van der Waals surface area contributed by atoms with Crippen LogP contribution in [0.1, 0.15) is 81.1 Å². The van der Waals surface area contributed by atoms with Crippen molar-refractivity contribution in [1.82, 2.24) is 5.32 Å². The highest BCUT2D eigenvalue weighted by molar-refractivity contribution is 5.76. The van der Waals surface area contributed by atoms with Crippen molar-refractivity contribution in [3.63, 3.8) is 0 Å². The molecule has 1 atom stereocenters. The van der Waals surface area contributed by atoms with E-state index in [1.165, 1.54) is 0 Å². The summed E-state index contributed by atoms with van der Waals surface area (Å²) in [5.41, 5.74) is -0.393. The summed E-state index contributed by atoms with van der Waals surface area (Å²) in [5, 5.41) is 3.00. The lowest BCUT2D eigenvalue weighted by Crippen LogP contribution is -2.35. The Morgan fingerprint density at radius 3 is 2.23 bits per heavy atom. The van der Waals surface area contributed by atoms with Crippen LogP contribution in [0.3, 0.4) is 0 Å². The molecule has 0 heterocycles. The second-order valence-corrected chi connectivity index (χ2v) is 9.26. The Bertz CT molecular complexity index is 430. The monoisotopic (exact) mass is 371 g/mol. The first kappa shape index (κ1) is 25.1. The smallest absolute Gasteiger partial charge is 0.220 e. The molecule has 0 rings (SSSR count). The van der Waals surface area contributed by atoms with Crippen molar-refractivity contribution in [2.75, 3.05) is 19.8 Å². The van der Waals surface area contributed by atoms with Gasteiger partial charge in [-0.25, -0.2) is 0 Å². The maximum atomic E-state index is 12.1. The molecule has 0 saturated carbocycles. The maximum absolute atomic E-state index is 12.1. The van der Waals surface area contributed by atoms with Crippen LogP contribution in [0.4, 0.5) is 0 Å². The molecule has 5 heteroatoms. The van der Waals surface area contributed by atoms with Gasteiger partial charge in [-0.05, 0) is 51.9 Å². The molecule has 0 aromatic heterocycles. The predicted octanol–water partition coefficient (Wildman–Crippen LogP) is 4.13. The molecule has 0 fully saturated rings. The Morgan fingerprint density at radius 1 is 1.08 bits per heavy atom. The quantitative estimate of drug-likeness (QED) is 0.498. The van der Waals surface area contributed by atoms with Gasteiger partial charge in [-0.15, -0.1) is 0 Å². The van der Waals surface area contributed by atoms with E-state index in [0.717, 1.165) is 12.8 Å². The Hall–Kier alpha value is -0.940. The summed E-state index contributed by atoms with van der Waals surface area (Å²) in [5.74, 6) is 0.824. The minimum Gasteiger partial charge on any atom is -0.375 e. The third kappa shape index (κ3) is 14.3. The average molecular weight is 372 g/mol. The van der Waals surface area contributed by atoms with Crippen LogP contribution in [0.2, 0.25) is 0 Å². The second kappa shape index (κ2) is 11.7. The lowest BCUT2D eigenvalue weighted by atomic mass is 9.81. The lowest BCUT2D eigenvalue weighted by Gasteiger charge is -2.27. The zero-order chi connectivity index (χ0) is 20.4. The zero-order valence-corrected chi connectivity index (χ0v) is 18.2. The summed E-state index contributed by atoms with van der Waals surface area (Å²) in [6.45, 7) is 17.6. The van der Waals surface area contributed by atoms with E-state index < -0.39 is 5.60 Å². The van der Waals surface area contributed by atoms with Gasteiger partial charge in [0.05, 0.1) is 24.9 Å². The van der Waals surface area contributed by atoms with Crippen molar-refractivity contribution < 1.29 is 19.1 Å². The van der Waals surface area contributed by atoms with Crippen LogP contribution in [0.5, 0.6) is 0 Å². The molecule has 1 unspecified atom stereocenters. The fraction of sp³-hybridized carbons (Fsp3) is 0.905. The lowest BCUT2D eigenvalue weighted by molar-refractivity contribution is -0.125. The zero-order valence-electron chi connectivity index (χ0n) is 18.2. The number of amides is 1. The molecule has 0 bridgehead atoms. The third-order valence-corrected chi connectivity index (χ3v) is 4.14. The first-order chi connectivity index (χ1) is 11.8. The largest absolute Gasteiger partial charge is 0.375 e. The summed E-state index contributed by atoms with van der Waals surface area (Å²) in [7, 11) is 0. The molecule has 154 valence electrons. The van der Waals surface area contributed by atoms with E-state index in [1.807, 2.05) is 20.8 Å². The van der Waals surface area contributed by atoms with E-state index >= 15 is 0 Å². The number of ether oxygens (including phenoxy) is 2. The van der Waals surface area contributed by atoms with Gasteiger partial charge >= 0.3 is 0 Å². The Morgan fingerprint density at radius 2 is 1.69 bits per heavy atom. The van der Waals surface area contributed by atoms with Crippen LogP contribution in [0, 0.1) is 11.3 Å². The number of rotatable bonds is 14. The molecule has 0 aromatic rings. The highest BCUT2D eigenvalue weighted by Crippen LogP contribution is 2.28. The Labute approximate surface area is 160 Å². The van der Waals surface area contributed by atoms with Gasteiger partial charge in [0, 0.05) is 19.4 Å². The molecular formula is C21H41NO4. The van der Waals surface area contributed by atoms with Crippen molar-refractivity contribution in [3.8, 4) is 0 Å². The minimum atomic E-state index is -0.423. The molecule has 0 aliphatic heterocycles. The number of carbonyl (C=O) groups excluding carboxylic acids is 2. The average Bonchev–Trinajstić information content (AvgIpc) is 2.42. The summed E-state index contributed by atoms with van der Waals surface area (Å²) in [6, 6.07) is 0. The molecule has 0 aliphatic carbocycles. The maximum Gasteiger partial charge on any atom is 0.220 e. The molecule has 26 heavy (non-hydrogen) atoms. The van der Waals surface area contributed by atoms with Gasteiger partial charge < -0.3 is 14.8 Å². The van der Waals surface area contributed by atoms with Crippen molar-refractivity contribution in [1.29, 1.82) is 0 Å². The van der Waals surface area contributed by atoms with Crippen molar-refractivity contribution >= 4 is 11.7 Å². The topological polar surface area (TPSA) is 64.6 Å². The molecule has 1 amide bonds. The fourth-order valence-corrected chi connectivity index (χ4v) is 3.03. The van der Waals surface area contributed by atoms with Gasteiger partial charge in [-0.1, -0.05) is 27.7 Å². The normalized spacial score (nSPS) is 13.7. The van der Waals surface area contributed by atoms with Gasteiger partial charge in [0.25, 0.3) is 0 Å². The van der Waals surface area contributed by atoms with Gasteiger partial charge in [0.15, 0.2) is 0 Å². The number of hydrogen-bond acceptors (Lipinski definition) is 4. The van der Waals surface area contributed by atoms with Crippen LogP contribution in [0.25, 0.3) is 0 Å². The van der Waals surface area contributed by atoms with Crippen LogP contribution in [-0.2, 0) is 19.1 Å². The second-order valence-electron chi connectivity index (χ2n) is 9.26. The van der Waals surface area contributed by atoms with E-state index in [1.54, 1.807) is 6.92 Å². The molecule has 5 nitrogen and oxygen atoms in total. The van der Waals surface area contributed by atoms with Crippen LogP contribution >= 0.6 is 0 Å². The predicted molar refractivity (Wildman–Crippen MR) is 106 cm³/mol. The van der Waals surface area contributed by atoms with E-state index in [0.29, 0.717) is 38.5 Å². The van der Waals surface area contributed by atoms with E-state index in [9.17, 15) is 9.59 Å². The van der Waals surface area contributed by atoms with Crippen LogP contribution < -0.4 is 5.32 Å². The molecule has 0 aromatic carbocycles. The van der Waals surface area contributed by atoms with Crippen molar-refractivity contribution in [2.45, 2.75) is 92.8 Å². The first-order valence-electron chi connectivity index (χ1n) is 9.85. The van der Waals surface area contributed by atoms with E-state index in [2.05, 4.69) is 33.0 Å². The molecule has 0 radical (unpaired) electrons. The van der Waals surface area contributed by atoms with Crippen molar-refractivity contribution in [3.05, 3.63) is 0 Å². The molecule has 1 N–H and O–H groups in total. The Kier molecular flexibility index (Phi) is 11.3. The third-order valence-electron chi connectivity index (χ3n) is 4.14. The van der Waals surface area contributed by atoms with Gasteiger partial charge in [0.1, 0.15) is 5.78 Å². The highest BCUT2D eigenvalue weighted by atomic mass is 16.5. The first-order valence-corrected chi connectivity index (χ1v) is 9.85. The van der Waals surface area contributed by atoms with Gasteiger partial charge in [-0.3, -0.25) is 9.59 Å². The minimum absolute atomic E-state index is 0.0294. The van der Waals surface area contributed by atoms with Gasteiger partial charge in [-0.2, -0.15) is 0 Å². The van der Waals surface area contributed by atoms with E-state index in [4.69, 9.17) is 9.47 Å². The van der Waals surface area contributed by atoms with Crippen molar-refractivity contribution in [2.24, 2.45) is 11.3 Å². The number of ketones is 1. The summed E-state index contributed by atoms with van der Waals surface area (Å²) in [6.07, 6.45) is 2.82. The number of Topliss-reactive ketones (excluding diaryl/α,β-unsaturated/α-hetero) is 1. The summed E-state index contributed by atoms with van der Waals surface area (Å²) in [4.78, 5) is 23.1. The van der Waals surface area contributed by atoms with Crippen LogP contribution in [0.15, 0.2) is 0 Å². The standard InChI is InChI=1S/C21H41NO4/c1-16(2)13-20(5,6)14-19(24)22-11-9-18(4)25-15-21(7,8)26-12-10-17(3)23/h16,18H,9-15H2,1-8H3,(H,22,24). The number of nitrogens with one attached hydrogen (secondary N) is 1. The Balaban J connectivity index is 3.99. The molecular weight excluding hydrogens is 330 g/mol. The number of hydrogen-bond donors (Lipinski definition) is 1. The SMILES string of the molecule is CC(=O)CCOC(C)(C)COC(C)CCNC(=O)CC(C)(C)CC(C)C. The van der Waals surface area contributed by atoms with Crippen LogP contribution in [-0.4, -0.2) is 43.2 Å². The van der Waals surface area contributed by atoms with E-state index in [-0.39, 0.29) is 23.2 Å².